The molecule has 0 saturated carbocycles. The highest BCUT2D eigenvalue weighted by Gasteiger charge is 2.15. The predicted octanol–water partition coefficient (Wildman–Crippen LogP) is 1.33. The molecule has 1 aromatic heterocycles. The van der Waals surface area contributed by atoms with E-state index < -0.39 is 10.0 Å². The van der Waals surface area contributed by atoms with E-state index in [1.807, 2.05) is 0 Å². The van der Waals surface area contributed by atoms with Crippen LogP contribution in [0.1, 0.15) is 0 Å². The molecular weight excluding hydrogens is 287 g/mol. The third kappa shape index (κ3) is 3.03. The molecule has 0 bridgehead atoms. The molecule has 0 fully saturated rings. The average Bonchev–Trinajstić information content (AvgIpc) is 2.35. The third-order valence-corrected chi connectivity index (χ3v) is 4.16. The summed E-state index contributed by atoms with van der Waals surface area (Å²) in [6, 6.07) is 9.67. The van der Waals surface area contributed by atoms with Crippen molar-refractivity contribution in [3.8, 4) is 0 Å². The smallest absolute Gasteiger partial charge is 0.261 e. The van der Waals surface area contributed by atoms with Crippen molar-refractivity contribution in [2.75, 3.05) is 4.72 Å². The molecule has 0 spiro atoms. The first kappa shape index (κ1) is 13.4. The van der Waals surface area contributed by atoms with Gasteiger partial charge in [0.2, 0.25) is 0 Å². The van der Waals surface area contributed by atoms with Gasteiger partial charge >= 0.3 is 0 Å². The number of benzene rings is 1. The third-order valence-electron chi connectivity index (χ3n) is 2.16. The van der Waals surface area contributed by atoms with Crippen LogP contribution in [-0.4, -0.2) is 29.7 Å². The van der Waals surface area contributed by atoms with Crippen molar-refractivity contribution in [2.45, 2.75) is 4.90 Å². The van der Waals surface area contributed by atoms with Gasteiger partial charge in [0.05, 0.1) is 10.6 Å². The van der Waals surface area contributed by atoms with Gasteiger partial charge in [0.25, 0.3) is 10.0 Å². The molecule has 0 unspecified atom stereocenters. The number of rotatable bonds is 3. The second-order valence-electron chi connectivity index (χ2n) is 3.53. The number of nitrogens with zero attached hydrogens (tertiary/aromatic N) is 1. The fourth-order valence-electron chi connectivity index (χ4n) is 1.34. The van der Waals surface area contributed by atoms with E-state index in [-0.39, 0.29) is 15.7 Å². The molecule has 2 radical (unpaired) electrons. The molecule has 2 aromatic rings. The SMILES string of the molecule is O=S(=O)(Nc1c[c]([Al])cnc1Cl)c1ccccc1. The maximum atomic E-state index is 12.1. The van der Waals surface area contributed by atoms with Crippen LogP contribution in [0.3, 0.4) is 0 Å². The highest BCUT2D eigenvalue weighted by atomic mass is 35.5. The summed E-state index contributed by atoms with van der Waals surface area (Å²) >= 11 is 8.27. The Hall–Kier alpha value is -1.06. The molecule has 0 saturated heterocycles. The Morgan fingerprint density at radius 3 is 2.56 bits per heavy atom. The van der Waals surface area contributed by atoms with Crippen LogP contribution < -0.4 is 9.15 Å². The molecule has 0 atom stereocenters. The molecule has 0 aliphatic rings. The molecule has 2 rings (SSSR count). The van der Waals surface area contributed by atoms with Crippen molar-refractivity contribution in [3.63, 3.8) is 0 Å². The first-order chi connectivity index (χ1) is 8.49. The number of hydrogen-bond donors (Lipinski definition) is 1. The van der Waals surface area contributed by atoms with E-state index in [1.165, 1.54) is 18.3 Å². The molecule has 7 heteroatoms. The van der Waals surface area contributed by atoms with Crippen LogP contribution in [0.15, 0.2) is 47.5 Å². The zero-order chi connectivity index (χ0) is 13.2. The molecular formula is C11H8AlClN2O2S. The van der Waals surface area contributed by atoms with Crippen LogP contribution in [0, 0.1) is 0 Å². The van der Waals surface area contributed by atoms with Gasteiger partial charge in [-0.05, 0) is 18.2 Å². The van der Waals surface area contributed by atoms with E-state index in [4.69, 9.17) is 11.6 Å². The van der Waals surface area contributed by atoms with Crippen LogP contribution in [0.25, 0.3) is 0 Å². The summed E-state index contributed by atoms with van der Waals surface area (Å²) in [5, 5.41) is 0.112. The highest BCUT2D eigenvalue weighted by molar-refractivity contribution is 7.92. The Balaban J connectivity index is 2.37. The Kier molecular flexibility index (Phi) is 3.93. The van der Waals surface area contributed by atoms with Gasteiger partial charge in [-0.15, -0.1) is 4.43 Å². The second-order valence-corrected chi connectivity index (χ2v) is 6.23. The first-order valence-electron chi connectivity index (χ1n) is 4.98. The van der Waals surface area contributed by atoms with E-state index >= 15 is 0 Å². The number of pyridine rings is 1. The van der Waals surface area contributed by atoms with Gasteiger partial charge in [0.1, 0.15) is 0 Å². The summed E-state index contributed by atoms with van der Waals surface area (Å²) < 4.78 is 27.3. The van der Waals surface area contributed by atoms with Gasteiger partial charge in [-0.2, -0.15) is 0 Å². The minimum atomic E-state index is -3.64. The Morgan fingerprint density at radius 2 is 1.89 bits per heavy atom. The maximum absolute atomic E-state index is 12.1. The maximum Gasteiger partial charge on any atom is 0.261 e. The lowest BCUT2D eigenvalue weighted by molar-refractivity contribution is 0.601. The zero-order valence-corrected chi connectivity index (χ0v) is 11.9. The number of halogens is 1. The van der Waals surface area contributed by atoms with Gasteiger partial charge in [0.15, 0.2) is 21.4 Å². The number of anilines is 1. The number of sulfonamides is 1. The second kappa shape index (κ2) is 5.29. The largest absolute Gasteiger partial charge is 0.277 e. The molecule has 90 valence electrons. The number of hydrogen-bond acceptors (Lipinski definition) is 3. The van der Waals surface area contributed by atoms with E-state index in [0.29, 0.717) is 0 Å². The van der Waals surface area contributed by atoms with Crippen molar-refractivity contribution in [3.05, 3.63) is 47.7 Å². The summed E-state index contributed by atoms with van der Waals surface area (Å²) in [6.07, 6.45) is 1.54. The number of aromatic nitrogens is 1. The Morgan fingerprint density at radius 1 is 1.22 bits per heavy atom. The quantitative estimate of drug-likeness (QED) is 0.686. The monoisotopic (exact) mass is 294 g/mol. The summed E-state index contributed by atoms with van der Waals surface area (Å²) in [5.74, 6) is 0. The molecule has 4 nitrogen and oxygen atoms in total. The molecule has 1 aromatic carbocycles. The van der Waals surface area contributed by atoms with E-state index in [1.54, 1.807) is 24.3 Å². The van der Waals surface area contributed by atoms with Crippen LogP contribution >= 0.6 is 11.6 Å². The van der Waals surface area contributed by atoms with Gasteiger partial charge < -0.3 is 0 Å². The zero-order valence-electron chi connectivity index (χ0n) is 9.17. The van der Waals surface area contributed by atoms with Crippen molar-refractivity contribution >= 4 is 48.0 Å². The van der Waals surface area contributed by atoms with E-state index in [2.05, 4.69) is 26.0 Å². The summed E-state index contributed by atoms with van der Waals surface area (Å²) in [6.45, 7) is 0. The molecule has 0 aliphatic carbocycles. The lowest BCUT2D eigenvalue weighted by Crippen LogP contribution is -2.15. The predicted molar refractivity (Wildman–Crippen MR) is 71.9 cm³/mol. The van der Waals surface area contributed by atoms with Crippen LogP contribution in [0.4, 0.5) is 5.69 Å². The van der Waals surface area contributed by atoms with Gasteiger partial charge in [-0.3, -0.25) is 4.72 Å². The highest BCUT2D eigenvalue weighted by Crippen LogP contribution is 2.20. The average molecular weight is 295 g/mol. The standard InChI is InChI=1S/C11H8ClN2O2S.Al/c12-11-10(7-4-8-13-11)14-17(15,16)9-5-2-1-3-6-9;/h1-3,5-8,14H;. The summed E-state index contributed by atoms with van der Waals surface area (Å²) in [7, 11) is -3.64. The van der Waals surface area contributed by atoms with E-state index in [0.717, 1.165) is 4.43 Å². The topological polar surface area (TPSA) is 59.1 Å². The van der Waals surface area contributed by atoms with E-state index in [9.17, 15) is 8.42 Å². The van der Waals surface area contributed by atoms with Gasteiger partial charge in [-0.1, -0.05) is 29.8 Å². The Labute approximate surface area is 118 Å². The molecule has 0 amide bonds. The Bertz CT molecular complexity index is 662. The molecule has 1 heterocycles. The lowest BCUT2D eigenvalue weighted by atomic mass is 10.4. The van der Waals surface area contributed by atoms with Crippen molar-refractivity contribution < 1.29 is 8.42 Å². The lowest BCUT2D eigenvalue weighted by Gasteiger charge is -2.09. The van der Waals surface area contributed by atoms with Gasteiger partial charge in [-0.25, -0.2) is 13.4 Å². The summed E-state index contributed by atoms with van der Waals surface area (Å²) in [4.78, 5) is 4.05. The van der Waals surface area contributed by atoms with Gasteiger partial charge in [0, 0.05) is 6.20 Å². The van der Waals surface area contributed by atoms with Crippen LogP contribution in [0.5, 0.6) is 0 Å². The first-order valence-corrected chi connectivity index (χ1v) is 7.42. The fourth-order valence-corrected chi connectivity index (χ4v) is 2.87. The number of nitrogens with one attached hydrogen (secondary N) is 1. The van der Waals surface area contributed by atoms with Crippen LogP contribution in [0.2, 0.25) is 5.15 Å². The normalized spacial score (nSPS) is 11.2. The van der Waals surface area contributed by atoms with Crippen molar-refractivity contribution in [1.29, 1.82) is 0 Å². The fraction of sp³-hybridized carbons (Fsp3) is 0. The van der Waals surface area contributed by atoms with Crippen molar-refractivity contribution in [1.82, 2.24) is 4.98 Å². The molecule has 18 heavy (non-hydrogen) atoms. The molecule has 1 N–H and O–H groups in total. The minimum absolute atomic E-state index is 0.112. The molecule has 0 aliphatic heterocycles. The summed E-state index contributed by atoms with van der Waals surface area (Å²) in [5.41, 5.74) is 0.257. The van der Waals surface area contributed by atoms with Crippen molar-refractivity contribution in [2.24, 2.45) is 0 Å². The minimum Gasteiger partial charge on any atom is -0.277 e. The van der Waals surface area contributed by atoms with Crippen LogP contribution in [-0.2, 0) is 10.0 Å².